The molecule has 1 aromatic carbocycles. The van der Waals surface area contributed by atoms with Gasteiger partial charge in [0, 0.05) is 13.2 Å². The molecule has 22 heavy (non-hydrogen) atoms. The molecule has 0 saturated heterocycles. The van der Waals surface area contributed by atoms with E-state index in [0.717, 1.165) is 0 Å². The fraction of sp³-hybridized carbons (Fsp3) is 0.467. The quantitative estimate of drug-likeness (QED) is 0.708. The van der Waals surface area contributed by atoms with Crippen LogP contribution < -0.4 is 10.6 Å². The Morgan fingerprint density at radius 2 is 1.95 bits per heavy atom. The van der Waals surface area contributed by atoms with Crippen LogP contribution in [0.2, 0.25) is 10.0 Å². The lowest BCUT2D eigenvalue weighted by Crippen LogP contribution is -2.45. The highest BCUT2D eigenvalue weighted by Crippen LogP contribution is 2.25. The zero-order valence-electron chi connectivity index (χ0n) is 12.5. The normalized spacial score (nSPS) is 13.3. The molecule has 0 bridgehead atoms. The van der Waals surface area contributed by atoms with Crippen LogP contribution in [0.1, 0.15) is 30.6 Å². The third-order valence-corrected chi connectivity index (χ3v) is 4.00. The first kappa shape index (κ1) is 18.7. The van der Waals surface area contributed by atoms with E-state index in [-0.39, 0.29) is 34.0 Å². The van der Waals surface area contributed by atoms with Crippen molar-refractivity contribution in [2.75, 3.05) is 13.2 Å². The minimum absolute atomic E-state index is 0.0800. The summed E-state index contributed by atoms with van der Waals surface area (Å²) in [5, 5.41) is 14.6. The molecule has 7 heteroatoms. The van der Waals surface area contributed by atoms with Crippen LogP contribution in [0, 0.1) is 5.92 Å². The van der Waals surface area contributed by atoms with Crippen molar-refractivity contribution in [1.82, 2.24) is 10.6 Å². The van der Waals surface area contributed by atoms with Gasteiger partial charge in [-0.1, -0.05) is 36.2 Å². The number of aliphatic hydroxyl groups excluding tert-OH is 1. The molecule has 0 spiro atoms. The molecule has 0 saturated carbocycles. The molecule has 2 unspecified atom stereocenters. The first-order valence-electron chi connectivity index (χ1n) is 7.00. The second-order valence-corrected chi connectivity index (χ2v) is 5.94. The zero-order chi connectivity index (χ0) is 16.7. The summed E-state index contributed by atoms with van der Waals surface area (Å²) in [6, 6.07) is 4.03. The average Bonchev–Trinajstić information content (AvgIpc) is 2.47. The number of benzene rings is 1. The Hall–Kier alpha value is -1.30. The van der Waals surface area contributed by atoms with E-state index in [9.17, 15) is 9.59 Å². The third kappa shape index (κ3) is 5.48. The highest BCUT2D eigenvalue weighted by Gasteiger charge is 2.19. The predicted octanol–water partition coefficient (Wildman–Crippen LogP) is 2.25. The van der Waals surface area contributed by atoms with Crippen molar-refractivity contribution in [2.45, 2.75) is 26.3 Å². The topological polar surface area (TPSA) is 78.4 Å². The van der Waals surface area contributed by atoms with Gasteiger partial charge in [0.25, 0.3) is 5.91 Å². The maximum absolute atomic E-state index is 12.1. The van der Waals surface area contributed by atoms with Crippen LogP contribution in [-0.2, 0) is 4.79 Å². The molecule has 3 N–H and O–H groups in total. The van der Waals surface area contributed by atoms with Crippen LogP contribution in [0.5, 0.6) is 0 Å². The molecule has 0 radical (unpaired) electrons. The van der Waals surface area contributed by atoms with Crippen molar-refractivity contribution in [3.63, 3.8) is 0 Å². The number of nitrogens with one attached hydrogen (secondary N) is 2. The second-order valence-electron chi connectivity index (χ2n) is 5.16. The van der Waals surface area contributed by atoms with Gasteiger partial charge >= 0.3 is 0 Å². The van der Waals surface area contributed by atoms with E-state index in [0.29, 0.717) is 13.0 Å². The third-order valence-electron chi connectivity index (χ3n) is 3.18. The van der Waals surface area contributed by atoms with Crippen molar-refractivity contribution in [3.05, 3.63) is 33.8 Å². The Morgan fingerprint density at radius 3 is 2.59 bits per heavy atom. The van der Waals surface area contributed by atoms with Crippen LogP contribution in [0.4, 0.5) is 0 Å². The van der Waals surface area contributed by atoms with Crippen molar-refractivity contribution in [3.8, 4) is 0 Å². The monoisotopic (exact) mass is 346 g/mol. The van der Waals surface area contributed by atoms with Crippen molar-refractivity contribution >= 4 is 35.0 Å². The molecular weight excluding hydrogens is 327 g/mol. The van der Waals surface area contributed by atoms with Gasteiger partial charge in [-0.25, -0.2) is 0 Å². The van der Waals surface area contributed by atoms with Crippen LogP contribution in [0.25, 0.3) is 0 Å². The van der Waals surface area contributed by atoms with E-state index in [4.69, 9.17) is 28.3 Å². The molecule has 0 fully saturated rings. The molecule has 122 valence electrons. The van der Waals surface area contributed by atoms with Gasteiger partial charge in [-0.15, -0.1) is 0 Å². The fourth-order valence-corrected chi connectivity index (χ4v) is 2.16. The highest BCUT2D eigenvalue weighted by molar-refractivity contribution is 6.43. The first-order valence-corrected chi connectivity index (χ1v) is 7.75. The lowest BCUT2D eigenvalue weighted by Gasteiger charge is -2.17. The molecule has 0 aliphatic carbocycles. The van der Waals surface area contributed by atoms with E-state index >= 15 is 0 Å². The largest absolute Gasteiger partial charge is 0.396 e. The predicted molar refractivity (Wildman–Crippen MR) is 87.3 cm³/mol. The number of halogens is 2. The van der Waals surface area contributed by atoms with Gasteiger partial charge < -0.3 is 15.7 Å². The molecule has 2 amide bonds. The maximum atomic E-state index is 12.1. The van der Waals surface area contributed by atoms with Gasteiger partial charge in [0.2, 0.25) is 5.91 Å². The number of hydrogen-bond donors (Lipinski definition) is 3. The van der Waals surface area contributed by atoms with Crippen molar-refractivity contribution in [2.24, 2.45) is 5.92 Å². The summed E-state index contributed by atoms with van der Waals surface area (Å²) >= 11 is 11.8. The lowest BCUT2D eigenvalue weighted by atomic mass is 10.1. The smallest absolute Gasteiger partial charge is 0.253 e. The lowest BCUT2D eigenvalue weighted by molar-refractivity contribution is -0.122. The van der Waals surface area contributed by atoms with Crippen LogP contribution >= 0.6 is 23.2 Å². The average molecular weight is 347 g/mol. The van der Waals surface area contributed by atoms with Gasteiger partial charge in [0.1, 0.15) is 6.04 Å². The van der Waals surface area contributed by atoms with Gasteiger partial charge in [0.15, 0.2) is 0 Å². The van der Waals surface area contributed by atoms with E-state index < -0.39 is 11.9 Å². The van der Waals surface area contributed by atoms with Gasteiger partial charge in [-0.05, 0) is 31.4 Å². The Labute approximate surface area is 140 Å². The van der Waals surface area contributed by atoms with E-state index in [1.165, 1.54) is 6.07 Å². The van der Waals surface area contributed by atoms with E-state index in [1.54, 1.807) is 19.1 Å². The SMILES string of the molecule is CC(CCO)CNC(=O)C(C)NC(=O)c1cccc(Cl)c1Cl. The molecule has 2 atom stereocenters. The second kappa shape index (κ2) is 8.98. The molecule has 0 aliphatic heterocycles. The number of aliphatic hydroxyl groups is 1. The zero-order valence-corrected chi connectivity index (χ0v) is 14.0. The van der Waals surface area contributed by atoms with Crippen LogP contribution in [-0.4, -0.2) is 36.1 Å². The molecule has 1 aromatic rings. The summed E-state index contributed by atoms with van der Waals surface area (Å²) in [6.45, 7) is 4.03. The highest BCUT2D eigenvalue weighted by atomic mass is 35.5. The minimum Gasteiger partial charge on any atom is -0.396 e. The summed E-state index contributed by atoms with van der Waals surface area (Å²) in [7, 11) is 0. The Balaban J connectivity index is 2.56. The number of carbonyl (C=O) groups excluding carboxylic acids is 2. The number of amides is 2. The van der Waals surface area contributed by atoms with Crippen molar-refractivity contribution < 1.29 is 14.7 Å². The molecule has 0 heterocycles. The minimum atomic E-state index is -0.705. The van der Waals surface area contributed by atoms with Crippen molar-refractivity contribution in [1.29, 1.82) is 0 Å². The van der Waals surface area contributed by atoms with Gasteiger partial charge in [-0.2, -0.15) is 0 Å². The number of hydrogen-bond acceptors (Lipinski definition) is 3. The number of carbonyl (C=O) groups is 2. The fourth-order valence-electron chi connectivity index (χ4n) is 1.77. The Bertz CT molecular complexity index is 538. The Kier molecular flexibility index (Phi) is 7.65. The van der Waals surface area contributed by atoms with Gasteiger partial charge in [-0.3, -0.25) is 9.59 Å². The molecular formula is C15H20Cl2N2O3. The summed E-state index contributed by atoms with van der Waals surface area (Å²) in [6.07, 6.45) is 0.610. The summed E-state index contributed by atoms with van der Waals surface area (Å²) in [5.74, 6) is -0.589. The Morgan fingerprint density at radius 1 is 1.27 bits per heavy atom. The molecule has 0 aliphatic rings. The van der Waals surface area contributed by atoms with E-state index in [1.807, 2.05) is 6.92 Å². The first-order chi connectivity index (χ1) is 10.4. The van der Waals surface area contributed by atoms with Gasteiger partial charge in [0.05, 0.1) is 15.6 Å². The summed E-state index contributed by atoms with van der Waals surface area (Å²) in [4.78, 5) is 24.0. The molecule has 0 aromatic heterocycles. The summed E-state index contributed by atoms with van der Waals surface area (Å²) < 4.78 is 0. The number of rotatable bonds is 7. The standard InChI is InChI=1S/C15H20Cl2N2O3/c1-9(6-7-20)8-18-14(21)10(2)19-15(22)11-4-3-5-12(16)13(11)17/h3-5,9-10,20H,6-8H2,1-2H3,(H,18,21)(H,19,22). The van der Waals surface area contributed by atoms with Crippen LogP contribution in [0.3, 0.4) is 0 Å². The van der Waals surface area contributed by atoms with E-state index in [2.05, 4.69) is 10.6 Å². The van der Waals surface area contributed by atoms with Crippen LogP contribution in [0.15, 0.2) is 18.2 Å². The maximum Gasteiger partial charge on any atom is 0.253 e. The molecule has 5 nitrogen and oxygen atoms in total. The summed E-state index contributed by atoms with van der Waals surface area (Å²) in [5.41, 5.74) is 0.225. The molecule has 1 rings (SSSR count).